The first-order chi connectivity index (χ1) is 9.88. The number of benzene rings is 1. The van der Waals surface area contributed by atoms with Crippen molar-refractivity contribution in [3.05, 3.63) is 28.2 Å². The van der Waals surface area contributed by atoms with E-state index < -0.39 is 0 Å². The van der Waals surface area contributed by atoms with Gasteiger partial charge in [-0.2, -0.15) is 0 Å². The maximum Gasteiger partial charge on any atom is 0.119 e. The number of ether oxygens (including phenoxy) is 1. The molecule has 0 heterocycles. The van der Waals surface area contributed by atoms with E-state index in [1.54, 1.807) is 7.11 Å². The van der Waals surface area contributed by atoms with Gasteiger partial charge in [0.15, 0.2) is 0 Å². The molecule has 0 aliphatic heterocycles. The summed E-state index contributed by atoms with van der Waals surface area (Å²) >= 11 is 3.65. The predicted octanol–water partition coefficient (Wildman–Crippen LogP) is 4.76. The van der Waals surface area contributed by atoms with Gasteiger partial charge in [-0.1, -0.05) is 36.7 Å². The molecule has 2 aliphatic carbocycles. The molecular formula is C18H26BrNO. The monoisotopic (exact) mass is 351 g/mol. The van der Waals surface area contributed by atoms with Crippen molar-refractivity contribution < 1.29 is 4.74 Å². The molecule has 3 atom stereocenters. The number of rotatable bonds is 4. The lowest BCUT2D eigenvalue weighted by Gasteiger charge is -2.39. The van der Waals surface area contributed by atoms with Crippen molar-refractivity contribution >= 4 is 15.9 Å². The summed E-state index contributed by atoms with van der Waals surface area (Å²) < 4.78 is 6.49. The number of halogens is 1. The van der Waals surface area contributed by atoms with E-state index in [4.69, 9.17) is 4.74 Å². The van der Waals surface area contributed by atoms with Crippen molar-refractivity contribution in [1.29, 1.82) is 0 Å². The summed E-state index contributed by atoms with van der Waals surface area (Å²) in [5.41, 5.74) is 2.18. The van der Waals surface area contributed by atoms with Crippen LogP contribution in [0.1, 0.15) is 45.6 Å². The summed E-state index contributed by atoms with van der Waals surface area (Å²) in [7, 11) is 1.72. The molecule has 2 fully saturated rings. The molecule has 2 aliphatic rings. The van der Waals surface area contributed by atoms with Crippen LogP contribution in [-0.4, -0.2) is 13.2 Å². The highest BCUT2D eigenvalue weighted by Crippen LogP contribution is 2.65. The Bertz CT molecular complexity index is 542. The van der Waals surface area contributed by atoms with E-state index >= 15 is 0 Å². The summed E-state index contributed by atoms with van der Waals surface area (Å²) in [6, 6.07) is 6.82. The molecule has 1 N–H and O–H groups in total. The molecule has 3 heteroatoms. The number of methoxy groups -OCH3 is 1. The second-order valence-corrected chi connectivity index (χ2v) is 8.36. The first-order valence-electron chi connectivity index (χ1n) is 7.94. The van der Waals surface area contributed by atoms with Crippen LogP contribution in [0.4, 0.5) is 0 Å². The lowest BCUT2D eigenvalue weighted by atomic mass is 9.69. The Labute approximate surface area is 136 Å². The van der Waals surface area contributed by atoms with E-state index in [1.807, 2.05) is 6.07 Å². The second kappa shape index (κ2) is 5.27. The molecule has 1 aromatic rings. The van der Waals surface area contributed by atoms with Crippen LogP contribution in [0.25, 0.3) is 0 Å². The molecule has 1 aromatic carbocycles. The molecule has 2 saturated carbocycles. The Morgan fingerprint density at radius 2 is 2.10 bits per heavy atom. The molecule has 0 aromatic heterocycles. The molecule has 21 heavy (non-hydrogen) atoms. The highest BCUT2D eigenvalue weighted by molar-refractivity contribution is 9.10. The molecule has 0 saturated heterocycles. The summed E-state index contributed by atoms with van der Waals surface area (Å²) in [6.45, 7) is 8.32. The zero-order valence-electron chi connectivity index (χ0n) is 13.5. The Morgan fingerprint density at radius 3 is 2.67 bits per heavy atom. The second-order valence-electron chi connectivity index (χ2n) is 7.50. The van der Waals surface area contributed by atoms with E-state index in [0.29, 0.717) is 16.9 Å². The molecule has 0 spiro atoms. The quantitative estimate of drug-likeness (QED) is 0.843. The number of fused-ring (bicyclic) bond motifs is 2. The van der Waals surface area contributed by atoms with Crippen molar-refractivity contribution in [1.82, 2.24) is 5.32 Å². The maximum absolute atomic E-state index is 5.34. The Kier molecular flexibility index (Phi) is 3.86. The largest absolute Gasteiger partial charge is 0.497 e. The van der Waals surface area contributed by atoms with Gasteiger partial charge in [-0.3, -0.25) is 0 Å². The van der Waals surface area contributed by atoms with Crippen LogP contribution in [0, 0.1) is 16.7 Å². The zero-order chi connectivity index (χ0) is 15.3. The normalized spacial score (nSPS) is 33.4. The van der Waals surface area contributed by atoms with Crippen LogP contribution >= 0.6 is 15.9 Å². The lowest BCUT2D eigenvalue weighted by molar-refractivity contribution is 0.120. The highest BCUT2D eigenvalue weighted by Gasteiger charge is 2.60. The Hall–Kier alpha value is -0.540. The first-order valence-corrected chi connectivity index (χ1v) is 8.73. The predicted molar refractivity (Wildman–Crippen MR) is 90.6 cm³/mol. The van der Waals surface area contributed by atoms with Gasteiger partial charge in [-0.05, 0) is 59.8 Å². The van der Waals surface area contributed by atoms with Crippen LogP contribution in [0.15, 0.2) is 22.7 Å². The minimum absolute atomic E-state index is 0.434. The van der Waals surface area contributed by atoms with Crippen LogP contribution < -0.4 is 10.1 Å². The fourth-order valence-electron chi connectivity index (χ4n) is 4.56. The topological polar surface area (TPSA) is 21.3 Å². The minimum Gasteiger partial charge on any atom is -0.497 e. The third-order valence-electron chi connectivity index (χ3n) is 6.59. The number of hydrogen-bond donors (Lipinski definition) is 1. The standard InChI is InChI=1S/C18H26BrNO/c1-17(2)13-7-8-18(17,3)16(10-13)20-11-12-9-14(21-4)5-6-15(12)19/h5-6,9,13,16,20H,7-8,10-11H2,1-4H3. The number of nitrogens with one attached hydrogen (secondary N) is 1. The number of hydrogen-bond acceptors (Lipinski definition) is 2. The maximum atomic E-state index is 5.34. The Morgan fingerprint density at radius 1 is 1.33 bits per heavy atom. The first kappa shape index (κ1) is 15.4. The van der Waals surface area contributed by atoms with Gasteiger partial charge in [0, 0.05) is 17.1 Å². The van der Waals surface area contributed by atoms with Gasteiger partial charge in [0.05, 0.1) is 7.11 Å². The Balaban J connectivity index is 1.72. The lowest BCUT2D eigenvalue weighted by Crippen LogP contribution is -2.44. The third-order valence-corrected chi connectivity index (χ3v) is 7.36. The molecular weight excluding hydrogens is 326 g/mol. The van der Waals surface area contributed by atoms with Crippen molar-refractivity contribution in [3.8, 4) is 5.75 Å². The zero-order valence-corrected chi connectivity index (χ0v) is 15.1. The van der Waals surface area contributed by atoms with Gasteiger partial charge < -0.3 is 10.1 Å². The van der Waals surface area contributed by atoms with Gasteiger partial charge in [-0.15, -0.1) is 0 Å². The summed E-state index contributed by atoms with van der Waals surface area (Å²) in [6.07, 6.45) is 4.09. The fourth-order valence-corrected chi connectivity index (χ4v) is 4.95. The van der Waals surface area contributed by atoms with Crippen molar-refractivity contribution in [2.45, 2.75) is 52.6 Å². The van der Waals surface area contributed by atoms with E-state index in [0.717, 1.165) is 22.7 Å². The van der Waals surface area contributed by atoms with Gasteiger partial charge in [-0.25, -0.2) is 0 Å². The van der Waals surface area contributed by atoms with Gasteiger partial charge in [0.2, 0.25) is 0 Å². The summed E-state index contributed by atoms with van der Waals surface area (Å²) in [5, 5.41) is 3.83. The molecule has 3 unspecified atom stereocenters. The van der Waals surface area contributed by atoms with Crippen LogP contribution in [0.2, 0.25) is 0 Å². The molecule has 0 amide bonds. The third kappa shape index (κ3) is 2.33. The summed E-state index contributed by atoms with van der Waals surface area (Å²) in [5.74, 6) is 1.81. The fraction of sp³-hybridized carbons (Fsp3) is 0.667. The van der Waals surface area contributed by atoms with Crippen molar-refractivity contribution in [3.63, 3.8) is 0 Å². The van der Waals surface area contributed by atoms with Crippen LogP contribution in [0.5, 0.6) is 5.75 Å². The minimum atomic E-state index is 0.434. The van der Waals surface area contributed by atoms with E-state index in [9.17, 15) is 0 Å². The summed E-state index contributed by atoms with van der Waals surface area (Å²) in [4.78, 5) is 0. The van der Waals surface area contributed by atoms with Gasteiger partial charge in [0.25, 0.3) is 0 Å². The SMILES string of the molecule is COc1ccc(Br)c(CNC2CC3CCC2(C)C3(C)C)c1. The van der Waals surface area contributed by atoms with Gasteiger partial charge in [0.1, 0.15) is 5.75 Å². The molecule has 0 radical (unpaired) electrons. The van der Waals surface area contributed by atoms with Crippen molar-refractivity contribution in [2.75, 3.05) is 7.11 Å². The molecule has 3 rings (SSSR count). The molecule has 2 bridgehead atoms. The smallest absolute Gasteiger partial charge is 0.119 e. The van der Waals surface area contributed by atoms with Crippen molar-refractivity contribution in [2.24, 2.45) is 16.7 Å². The molecule has 116 valence electrons. The van der Waals surface area contributed by atoms with E-state index in [2.05, 4.69) is 54.2 Å². The van der Waals surface area contributed by atoms with E-state index in [-0.39, 0.29) is 0 Å². The van der Waals surface area contributed by atoms with Gasteiger partial charge >= 0.3 is 0 Å². The molecule has 2 nitrogen and oxygen atoms in total. The van der Waals surface area contributed by atoms with E-state index in [1.165, 1.54) is 24.8 Å². The van der Waals surface area contributed by atoms with Crippen LogP contribution in [-0.2, 0) is 6.54 Å². The highest BCUT2D eigenvalue weighted by atomic mass is 79.9. The average Bonchev–Trinajstić information content (AvgIpc) is 2.79. The average molecular weight is 352 g/mol. The van der Waals surface area contributed by atoms with Crippen LogP contribution in [0.3, 0.4) is 0 Å².